The first-order valence-corrected chi connectivity index (χ1v) is 6.24. The maximum absolute atomic E-state index is 11.5. The van der Waals surface area contributed by atoms with Crippen LogP contribution in [-0.2, 0) is 14.3 Å². The van der Waals surface area contributed by atoms with Crippen molar-refractivity contribution in [3.63, 3.8) is 0 Å². The molecule has 0 aromatic heterocycles. The Morgan fingerprint density at radius 2 is 2.00 bits per heavy atom. The number of hydrogen-bond acceptors (Lipinski definition) is 4. The van der Waals surface area contributed by atoms with Crippen LogP contribution in [0.5, 0.6) is 5.75 Å². The second kappa shape index (κ2) is 8.13. The van der Waals surface area contributed by atoms with Crippen LogP contribution in [0.1, 0.15) is 18.9 Å². The van der Waals surface area contributed by atoms with Crippen molar-refractivity contribution in [2.45, 2.75) is 20.3 Å². The van der Waals surface area contributed by atoms with Crippen LogP contribution in [0, 0.1) is 6.92 Å². The number of nitrogens with one attached hydrogen (secondary N) is 1. The zero-order chi connectivity index (χ0) is 14.1. The molecule has 0 unspecified atom stereocenters. The molecule has 0 spiro atoms. The van der Waals surface area contributed by atoms with Gasteiger partial charge in [-0.2, -0.15) is 0 Å². The summed E-state index contributed by atoms with van der Waals surface area (Å²) in [6, 6.07) is 7.47. The van der Waals surface area contributed by atoms with Crippen LogP contribution in [0.2, 0.25) is 0 Å². The fourth-order valence-corrected chi connectivity index (χ4v) is 1.45. The van der Waals surface area contributed by atoms with Gasteiger partial charge in [0, 0.05) is 6.54 Å². The highest BCUT2D eigenvalue weighted by molar-refractivity contribution is 5.78. The van der Waals surface area contributed by atoms with E-state index in [0.29, 0.717) is 12.4 Å². The molecule has 104 valence electrons. The maximum atomic E-state index is 11.5. The molecule has 5 nitrogen and oxygen atoms in total. The van der Waals surface area contributed by atoms with Crippen molar-refractivity contribution in [3.8, 4) is 5.75 Å². The van der Waals surface area contributed by atoms with Crippen molar-refractivity contribution in [3.05, 3.63) is 29.8 Å². The van der Waals surface area contributed by atoms with E-state index >= 15 is 0 Å². The van der Waals surface area contributed by atoms with E-state index in [1.54, 1.807) is 13.0 Å². The van der Waals surface area contributed by atoms with Crippen LogP contribution in [0.4, 0.5) is 0 Å². The van der Waals surface area contributed by atoms with Crippen LogP contribution in [0.25, 0.3) is 0 Å². The fourth-order valence-electron chi connectivity index (χ4n) is 1.45. The average molecular weight is 265 g/mol. The Morgan fingerprint density at radius 1 is 1.26 bits per heavy atom. The van der Waals surface area contributed by atoms with Crippen molar-refractivity contribution in [1.29, 1.82) is 0 Å². The fraction of sp³-hybridized carbons (Fsp3) is 0.429. The number of carbonyl (C=O) groups excluding carboxylic acids is 2. The average Bonchev–Trinajstić information content (AvgIpc) is 2.38. The Balaban J connectivity index is 2.22. The second-order valence-corrected chi connectivity index (χ2v) is 3.96. The van der Waals surface area contributed by atoms with Crippen molar-refractivity contribution in [2.75, 3.05) is 19.8 Å². The third-order valence-electron chi connectivity index (χ3n) is 2.41. The number of hydrogen-bond donors (Lipinski definition) is 1. The molecule has 0 radical (unpaired) electrons. The van der Waals surface area contributed by atoms with E-state index in [0.717, 1.165) is 5.56 Å². The number of para-hydroxylation sites is 1. The van der Waals surface area contributed by atoms with Gasteiger partial charge >= 0.3 is 5.97 Å². The third-order valence-corrected chi connectivity index (χ3v) is 2.41. The van der Waals surface area contributed by atoms with Crippen molar-refractivity contribution < 1.29 is 19.1 Å². The first-order chi connectivity index (χ1) is 9.13. The van der Waals surface area contributed by atoms with Gasteiger partial charge in [-0.1, -0.05) is 18.2 Å². The smallest absolute Gasteiger partial charge is 0.307 e. The highest BCUT2D eigenvalue weighted by Crippen LogP contribution is 2.15. The minimum atomic E-state index is -0.317. The van der Waals surface area contributed by atoms with E-state index in [1.807, 2.05) is 25.1 Å². The maximum Gasteiger partial charge on any atom is 0.307 e. The van der Waals surface area contributed by atoms with Crippen LogP contribution >= 0.6 is 0 Å². The van der Waals surface area contributed by atoms with E-state index in [2.05, 4.69) is 5.32 Å². The summed E-state index contributed by atoms with van der Waals surface area (Å²) in [5, 5.41) is 2.60. The minimum Gasteiger partial charge on any atom is -0.484 e. The molecular formula is C14H19NO4. The van der Waals surface area contributed by atoms with Gasteiger partial charge < -0.3 is 14.8 Å². The Bertz CT molecular complexity index is 431. The Morgan fingerprint density at radius 3 is 2.68 bits per heavy atom. The summed E-state index contributed by atoms with van der Waals surface area (Å²) >= 11 is 0. The Labute approximate surface area is 112 Å². The van der Waals surface area contributed by atoms with Gasteiger partial charge in [-0.05, 0) is 25.5 Å². The van der Waals surface area contributed by atoms with Gasteiger partial charge in [0.2, 0.25) is 0 Å². The van der Waals surface area contributed by atoms with E-state index in [1.165, 1.54) is 0 Å². The zero-order valence-corrected chi connectivity index (χ0v) is 11.3. The monoisotopic (exact) mass is 265 g/mol. The number of esters is 1. The Kier molecular flexibility index (Phi) is 6.43. The molecular weight excluding hydrogens is 246 g/mol. The molecule has 0 saturated heterocycles. The van der Waals surface area contributed by atoms with Crippen molar-refractivity contribution in [1.82, 2.24) is 5.32 Å². The number of aryl methyl sites for hydroxylation is 1. The first-order valence-electron chi connectivity index (χ1n) is 6.24. The molecule has 1 rings (SSSR count). The van der Waals surface area contributed by atoms with Crippen LogP contribution in [0.15, 0.2) is 24.3 Å². The molecule has 1 N–H and O–H groups in total. The van der Waals surface area contributed by atoms with Gasteiger partial charge in [-0.3, -0.25) is 9.59 Å². The van der Waals surface area contributed by atoms with Crippen molar-refractivity contribution >= 4 is 11.9 Å². The number of carbonyl (C=O) groups is 2. The molecule has 19 heavy (non-hydrogen) atoms. The number of amides is 1. The zero-order valence-electron chi connectivity index (χ0n) is 11.3. The first kappa shape index (κ1) is 15.0. The summed E-state index contributed by atoms with van der Waals surface area (Å²) in [7, 11) is 0. The van der Waals surface area contributed by atoms with Crippen LogP contribution in [0.3, 0.4) is 0 Å². The van der Waals surface area contributed by atoms with Gasteiger partial charge in [0.1, 0.15) is 5.75 Å². The van der Waals surface area contributed by atoms with Gasteiger partial charge in [0.05, 0.1) is 13.0 Å². The lowest BCUT2D eigenvalue weighted by Gasteiger charge is -2.09. The number of rotatable bonds is 7. The standard InChI is InChI=1S/C14H19NO4/c1-3-18-14(17)8-9-15-13(16)10-19-12-7-5-4-6-11(12)2/h4-7H,3,8-10H2,1-2H3,(H,15,16). The summed E-state index contributed by atoms with van der Waals surface area (Å²) < 4.78 is 10.1. The van der Waals surface area contributed by atoms with Gasteiger partial charge in [0.15, 0.2) is 6.61 Å². The minimum absolute atomic E-state index is 0.0618. The summed E-state index contributed by atoms with van der Waals surface area (Å²) in [5.74, 6) is 0.109. The summed E-state index contributed by atoms with van der Waals surface area (Å²) in [5.41, 5.74) is 0.974. The molecule has 1 amide bonds. The lowest BCUT2D eigenvalue weighted by molar-refractivity contribution is -0.143. The van der Waals surface area contributed by atoms with Gasteiger partial charge in [-0.15, -0.1) is 0 Å². The molecule has 0 bridgehead atoms. The highest BCUT2D eigenvalue weighted by Gasteiger charge is 2.06. The lowest BCUT2D eigenvalue weighted by Crippen LogP contribution is -2.31. The number of benzene rings is 1. The molecule has 0 saturated carbocycles. The molecule has 0 aliphatic rings. The molecule has 1 aromatic carbocycles. The normalized spacial score (nSPS) is 9.79. The third kappa shape index (κ3) is 5.90. The molecule has 0 heterocycles. The molecule has 0 atom stereocenters. The topological polar surface area (TPSA) is 64.6 Å². The van der Waals surface area contributed by atoms with E-state index in [-0.39, 0.29) is 31.4 Å². The van der Waals surface area contributed by atoms with E-state index < -0.39 is 0 Å². The summed E-state index contributed by atoms with van der Waals surface area (Å²) in [4.78, 5) is 22.5. The SMILES string of the molecule is CCOC(=O)CCNC(=O)COc1ccccc1C. The number of ether oxygens (including phenoxy) is 2. The van der Waals surface area contributed by atoms with E-state index in [4.69, 9.17) is 9.47 Å². The molecule has 5 heteroatoms. The Hall–Kier alpha value is -2.04. The van der Waals surface area contributed by atoms with Gasteiger partial charge in [-0.25, -0.2) is 0 Å². The molecule has 1 aromatic rings. The van der Waals surface area contributed by atoms with E-state index in [9.17, 15) is 9.59 Å². The van der Waals surface area contributed by atoms with Gasteiger partial charge in [0.25, 0.3) is 5.91 Å². The molecule has 0 fully saturated rings. The second-order valence-electron chi connectivity index (χ2n) is 3.96. The quantitative estimate of drug-likeness (QED) is 0.758. The molecule has 0 aliphatic heterocycles. The predicted octanol–water partition coefficient (Wildman–Crippen LogP) is 1.44. The predicted molar refractivity (Wildman–Crippen MR) is 70.9 cm³/mol. The highest BCUT2D eigenvalue weighted by atomic mass is 16.5. The summed E-state index contributed by atoms with van der Waals surface area (Å²) in [6.45, 7) is 4.20. The largest absolute Gasteiger partial charge is 0.484 e. The lowest BCUT2D eigenvalue weighted by atomic mass is 10.2. The van der Waals surface area contributed by atoms with Crippen molar-refractivity contribution in [2.24, 2.45) is 0 Å². The van der Waals surface area contributed by atoms with Crippen LogP contribution in [-0.4, -0.2) is 31.6 Å². The summed E-state index contributed by atoms with van der Waals surface area (Å²) in [6.07, 6.45) is 0.171. The van der Waals surface area contributed by atoms with Crippen LogP contribution < -0.4 is 10.1 Å². The molecule has 0 aliphatic carbocycles.